The molecule has 7 heteroatoms. The summed E-state index contributed by atoms with van der Waals surface area (Å²) in [4.78, 5) is 28.4. The molecule has 6 aliphatic rings. The van der Waals surface area contributed by atoms with Crippen molar-refractivity contribution in [2.45, 2.75) is 101 Å². The molecule has 0 aromatic carbocycles. The lowest BCUT2D eigenvalue weighted by Crippen LogP contribution is -2.66. The van der Waals surface area contributed by atoms with E-state index >= 15 is 0 Å². The number of aliphatic hydroxyl groups is 1. The van der Waals surface area contributed by atoms with Crippen LogP contribution in [0.2, 0.25) is 0 Å². The Morgan fingerprint density at radius 3 is 2.40 bits per heavy atom. The molecule has 2 unspecified atom stereocenters. The molecular weight excluding hydrogens is 382 g/mol. The Morgan fingerprint density at radius 2 is 1.83 bits per heavy atom. The Hall–Kier alpha value is -1.81. The zero-order chi connectivity index (χ0) is 21.5. The number of piperidine rings is 1. The maximum absolute atomic E-state index is 13.9. The highest BCUT2D eigenvalue weighted by Gasteiger charge is 2.64. The number of nitrogens with one attached hydrogen (secondary N) is 1. The van der Waals surface area contributed by atoms with Gasteiger partial charge in [-0.15, -0.1) is 0 Å². The first-order valence-corrected chi connectivity index (χ1v) is 11.4. The fourth-order valence-electron chi connectivity index (χ4n) is 7.56. The van der Waals surface area contributed by atoms with Crippen LogP contribution >= 0.6 is 0 Å². The first-order chi connectivity index (χ1) is 14.0. The minimum Gasteiger partial charge on any atom is -0.444 e. The van der Waals surface area contributed by atoms with E-state index in [0.717, 1.165) is 44.9 Å². The van der Waals surface area contributed by atoms with Crippen molar-refractivity contribution in [3.05, 3.63) is 0 Å². The highest BCUT2D eigenvalue weighted by molar-refractivity contribution is 5.88. The van der Waals surface area contributed by atoms with Crippen LogP contribution in [0.1, 0.15) is 72.1 Å². The summed E-state index contributed by atoms with van der Waals surface area (Å²) in [6.07, 6.45) is 6.02. The van der Waals surface area contributed by atoms with Crippen LogP contribution in [0.25, 0.3) is 0 Å². The highest BCUT2D eigenvalue weighted by atomic mass is 16.6. The molecule has 6 atom stereocenters. The second-order valence-corrected chi connectivity index (χ2v) is 11.8. The Kier molecular flexibility index (Phi) is 4.26. The molecule has 5 aliphatic carbocycles. The fraction of sp³-hybridized carbons (Fsp3) is 0.870. The molecule has 2 N–H and O–H groups in total. The van der Waals surface area contributed by atoms with Gasteiger partial charge in [0.15, 0.2) is 0 Å². The Labute approximate surface area is 178 Å². The number of ether oxygens (including phenoxy) is 1. The molecule has 0 aromatic heterocycles. The van der Waals surface area contributed by atoms with Crippen molar-refractivity contribution in [3.8, 4) is 6.07 Å². The number of amides is 2. The summed E-state index contributed by atoms with van der Waals surface area (Å²) in [6.45, 7) is 5.41. The predicted molar refractivity (Wildman–Crippen MR) is 108 cm³/mol. The van der Waals surface area contributed by atoms with Crippen molar-refractivity contribution in [2.24, 2.45) is 23.2 Å². The summed E-state index contributed by atoms with van der Waals surface area (Å²) in [5.41, 5.74) is -1.86. The van der Waals surface area contributed by atoms with Crippen LogP contribution in [0.15, 0.2) is 0 Å². The smallest absolute Gasteiger partial charge is 0.408 e. The summed E-state index contributed by atoms with van der Waals surface area (Å²) < 4.78 is 5.51. The van der Waals surface area contributed by atoms with Gasteiger partial charge in [0.1, 0.15) is 17.7 Å². The van der Waals surface area contributed by atoms with E-state index in [0.29, 0.717) is 24.2 Å². The van der Waals surface area contributed by atoms with E-state index in [1.165, 1.54) is 0 Å². The summed E-state index contributed by atoms with van der Waals surface area (Å²) in [5.74, 6) is 1.06. The van der Waals surface area contributed by atoms with Crippen LogP contribution in [0.3, 0.4) is 0 Å². The van der Waals surface area contributed by atoms with Gasteiger partial charge in [0, 0.05) is 11.5 Å². The number of nitrogens with zero attached hydrogens (tertiary/aromatic N) is 2. The summed E-state index contributed by atoms with van der Waals surface area (Å²) in [6, 6.07) is 1.26. The van der Waals surface area contributed by atoms with Gasteiger partial charge in [0.25, 0.3) is 0 Å². The van der Waals surface area contributed by atoms with Crippen molar-refractivity contribution in [1.82, 2.24) is 10.2 Å². The second kappa shape index (κ2) is 6.35. The lowest BCUT2D eigenvalue weighted by atomic mass is 9.46. The molecule has 6 fully saturated rings. The van der Waals surface area contributed by atoms with Gasteiger partial charge in [0.2, 0.25) is 5.91 Å². The van der Waals surface area contributed by atoms with Crippen LogP contribution in [-0.4, -0.2) is 51.3 Å². The van der Waals surface area contributed by atoms with Crippen LogP contribution in [0, 0.1) is 34.5 Å². The second-order valence-electron chi connectivity index (χ2n) is 11.8. The fourth-order valence-corrected chi connectivity index (χ4v) is 7.56. The Bertz CT molecular complexity index is 798. The quantitative estimate of drug-likeness (QED) is 0.738. The van der Waals surface area contributed by atoms with Gasteiger partial charge in [-0.3, -0.25) is 4.79 Å². The maximum Gasteiger partial charge on any atom is 0.408 e. The Balaban J connectivity index is 1.47. The van der Waals surface area contributed by atoms with Crippen molar-refractivity contribution in [1.29, 1.82) is 5.26 Å². The molecule has 6 rings (SSSR count). The van der Waals surface area contributed by atoms with Crippen LogP contribution in [0.4, 0.5) is 4.79 Å². The number of likely N-dealkylation sites (tertiary alicyclic amines) is 1. The zero-order valence-corrected chi connectivity index (χ0v) is 18.2. The van der Waals surface area contributed by atoms with E-state index in [4.69, 9.17) is 4.74 Å². The average Bonchev–Trinajstić information content (AvgIpc) is 3.25. The standard InChI is InChI=1S/C23H33N3O4/c1-21(2,3)30-20(28)25-18(19(27)26-16(11-24)5-15-6-17(15)26)22-7-13-4-14(8-22)10-23(29,9-13)12-22/h13-18,29H,4-10,12H2,1-3H3,(H,25,28)/t13?,14?,15-,16+,17+,18-,22?,23?/m0/s1. The molecule has 5 saturated carbocycles. The van der Waals surface area contributed by atoms with E-state index in [1.807, 2.05) is 0 Å². The molecule has 7 nitrogen and oxygen atoms in total. The van der Waals surface area contributed by atoms with E-state index in [-0.39, 0.29) is 11.9 Å². The van der Waals surface area contributed by atoms with Crippen molar-refractivity contribution in [2.75, 3.05) is 0 Å². The number of fused-ring (bicyclic) bond motifs is 1. The van der Waals surface area contributed by atoms with Crippen molar-refractivity contribution < 1.29 is 19.4 Å². The van der Waals surface area contributed by atoms with Gasteiger partial charge in [-0.05, 0) is 89.9 Å². The topological polar surface area (TPSA) is 103 Å². The molecule has 2 amide bonds. The number of carbonyl (C=O) groups excluding carboxylic acids is 2. The normalized spacial score (nSPS) is 44.2. The molecule has 0 aromatic rings. The van der Waals surface area contributed by atoms with Gasteiger partial charge in [-0.25, -0.2) is 4.79 Å². The van der Waals surface area contributed by atoms with Crippen molar-refractivity contribution in [3.63, 3.8) is 0 Å². The lowest BCUT2D eigenvalue weighted by Gasteiger charge is -2.62. The summed E-state index contributed by atoms with van der Waals surface area (Å²) in [5, 5.41) is 23.8. The third-order valence-electron chi connectivity index (χ3n) is 8.10. The average molecular weight is 416 g/mol. The number of hydrogen-bond acceptors (Lipinski definition) is 5. The van der Waals surface area contributed by atoms with Crippen molar-refractivity contribution >= 4 is 12.0 Å². The van der Waals surface area contributed by atoms with E-state index in [1.54, 1.807) is 25.7 Å². The molecule has 1 saturated heterocycles. The maximum atomic E-state index is 13.9. The van der Waals surface area contributed by atoms with Gasteiger partial charge >= 0.3 is 6.09 Å². The van der Waals surface area contributed by atoms with Gasteiger partial charge < -0.3 is 20.1 Å². The number of rotatable bonds is 3. The van der Waals surface area contributed by atoms with Crippen LogP contribution in [0.5, 0.6) is 0 Å². The third kappa shape index (κ3) is 3.28. The minimum absolute atomic E-state index is 0.127. The zero-order valence-electron chi connectivity index (χ0n) is 18.2. The van der Waals surface area contributed by atoms with Gasteiger partial charge in [-0.1, -0.05) is 0 Å². The van der Waals surface area contributed by atoms with Crippen LogP contribution in [-0.2, 0) is 9.53 Å². The largest absolute Gasteiger partial charge is 0.444 e. The van der Waals surface area contributed by atoms with E-state index in [9.17, 15) is 20.0 Å². The van der Waals surface area contributed by atoms with E-state index < -0.39 is 34.8 Å². The number of alkyl carbamates (subject to hydrolysis) is 1. The van der Waals surface area contributed by atoms with Crippen LogP contribution < -0.4 is 5.32 Å². The van der Waals surface area contributed by atoms with Gasteiger partial charge in [0.05, 0.1) is 11.7 Å². The van der Waals surface area contributed by atoms with E-state index in [2.05, 4.69) is 11.4 Å². The van der Waals surface area contributed by atoms with Gasteiger partial charge in [-0.2, -0.15) is 5.26 Å². The third-order valence-corrected chi connectivity index (χ3v) is 8.10. The molecule has 1 aliphatic heterocycles. The first kappa shape index (κ1) is 20.1. The lowest BCUT2D eigenvalue weighted by molar-refractivity contribution is -0.180. The molecule has 0 radical (unpaired) electrons. The minimum atomic E-state index is -0.750. The summed E-state index contributed by atoms with van der Waals surface area (Å²) in [7, 11) is 0. The SMILES string of the molecule is CC(C)(C)OC(=O)N[C@@H](C(=O)N1[C@@H]2C[C@@H]2C[C@@H]1C#N)C12CC3CC(CC(O)(C3)C1)C2. The molecule has 0 spiro atoms. The number of nitriles is 1. The molecule has 30 heavy (non-hydrogen) atoms. The molecule has 4 bridgehead atoms. The molecule has 1 heterocycles. The highest BCUT2D eigenvalue weighted by Crippen LogP contribution is 2.63. The Morgan fingerprint density at radius 1 is 1.17 bits per heavy atom. The predicted octanol–water partition coefficient (Wildman–Crippen LogP) is 2.72. The first-order valence-electron chi connectivity index (χ1n) is 11.4. The summed E-state index contributed by atoms with van der Waals surface area (Å²) >= 11 is 0. The molecule has 164 valence electrons. The number of carbonyl (C=O) groups is 2. The number of hydrogen-bond donors (Lipinski definition) is 2. The monoisotopic (exact) mass is 415 g/mol. The molecular formula is C23H33N3O4.